The number of benzene rings is 1. The van der Waals surface area contributed by atoms with Gasteiger partial charge in [0.1, 0.15) is 0 Å². The van der Waals surface area contributed by atoms with Gasteiger partial charge in [-0.1, -0.05) is 13.8 Å². The lowest BCUT2D eigenvalue weighted by Crippen LogP contribution is -2.31. The van der Waals surface area contributed by atoms with Crippen LogP contribution in [0.15, 0.2) is 16.6 Å². The molecule has 0 radical (unpaired) electrons. The van der Waals surface area contributed by atoms with E-state index in [9.17, 15) is 5.11 Å². The van der Waals surface area contributed by atoms with Gasteiger partial charge in [0.05, 0.1) is 11.6 Å². The number of hydrogen-bond acceptors (Lipinski definition) is 4. The molecule has 0 aliphatic heterocycles. The Morgan fingerprint density at radius 2 is 2.00 bits per heavy atom. The molecule has 0 saturated carbocycles. The lowest BCUT2D eigenvalue weighted by molar-refractivity contribution is 0.302. The highest BCUT2D eigenvalue weighted by molar-refractivity contribution is 9.10. The molecule has 0 unspecified atom stereocenters. The maximum Gasteiger partial charge on any atom is 0.172 e. The summed E-state index contributed by atoms with van der Waals surface area (Å²) in [4.78, 5) is 2.38. The number of hydrogen-bond donors (Lipinski definition) is 2. The number of phenolic OH excluding ortho intramolecular Hbond substituents is 1. The van der Waals surface area contributed by atoms with Crippen LogP contribution in [0, 0.1) is 0 Å². The first-order valence-corrected chi connectivity index (χ1v) is 7.40. The third kappa shape index (κ3) is 5.01. The predicted molar refractivity (Wildman–Crippen MR) is 81.9 cm³/mol. The first kappa shape index (κ1) is 16.3. The fourth-order valence-electron chi connectivity index (χ4n) is 1.89. The van der Waals surface area contributed by atoms with Gasteiger partial charge in [0, 0.05) is 19.6 Å². The normalized spacial score (nSPS) is 11.0. The van der Waals surface area contributed by atoms with Crippen LogP contribution in [-0.4, -0.2) is 43.3 Å². The molecule has 0 amide bonds. The Kier molecular flexibility index (Phi) is 7.20. The van der Waals surface area contributed by atoms with Gasteiger partial charge < -0.3 is 20.1 Å². The molecule has 1 aromatic carbocycles. The van der Waals surface area contributed by atoms with Crippen molar-refractivity contribution >= 4 is 15.9 Å². The van der Waals surface area contributed by atoms with E-state index in [0.29, 0.717) is 10.2 Å². The van der Waals surface area contributed by atoms with Gasteiger partial charge in [-0.3, -0.25) is 0 Å². The predicted octanol–water partition coefficient (Wildman–Crippen LogP) is 2.59. The van der Waals surface area contributed by atoms with Crippen molar-refractivity contribution in [3.8, 4) is 11.5 Å². The summed E-state index contributed by atoms with van der Waals surface area (Å²) in [5.74, 6) is 0.643. The average Bonchev–Trinajstić information content (AvgIpc) is 2.42. The van der Waals surface area contributed by atoms with Crippen LogP contribution in [0.3, 0.4) is 0 Å². The molecule has 0 aliphatic rings. The van der Waals surface area contributed by atoms with E-state index in [0.717, 1.165) is 38.3 Å². The standard InChI is InChI=1S/C14H23BrN2O2/c1-4-17(5-2)7-6-16-10-11-8-12(15)14(18)13(9-11)19-3/h8-9,16,18H,4-7,10H2,1-3H3. The number of ether oxygens (including phenoxy) is 1. The first-order chi connectivity index (χ1) is 9.12. The molecule has 1 aromatic rings. The van der Waals surface area contributed by atoms with E-state index >= 15 is 0 Å². The van der Waals surface area contributed by atoms with Crippen LogP contribution in [0.5, 0.6) is 11.5 Å². The second-order valence-corrected chi connectivity index (χ2v) is 5.19. The minimum atomic E-state index is 0.148. The Bertz CT molecular complexity index is 395. The Morgan fingerprint density at radius 3 is 2.58 bits per heavy atom. The molecule has 0 aromatic heterocycles. The van der Waals surface area contributed by atoms with E-state index in [-0.39, 0.29) is 5.75 Å². The number of aromatic hydroxyl groups is 1. The lowest BCUT2D eigenvalue weighted by atomic mass is 10.2. The maximum atomic E-state index is 9.73. The number of phenols is 1. The molecule has 19 heavy (non-hydrogen) atoms. The molecule has 4 nitrogen and oxygen atoms in total. The summed E-state index contributed by atoms with van der Waals surface area (Å²) in [5, 5.41) is 13.1. The largest absolute Gasteiger partial charge is 0.503 e. The third-order valence-electron chi connectivity index (χ3n) is 3.14. The Hall–Kier alpha value is -0.780. The molecule has 0 atom stereocenters. The Morgan fingerprint density at radius 1 is 1.32 bits per heavy atom. The monoisotopic (exact) mass is 330 g/mol. The van der Waals surface area contributed by atoms with Crippen molar-refractivity contribution in [2.75, 3.05) is 33.3 Å². The molecular formula is C14H23BrN2O2. The number of rotatable bonds is 8. The highest BCUT2D eigenvalue weighted by Crippen LogP contribution is 2.35. The summed E-state index contributed by atoms with van der Waals surface area (Å²) in [5.41, 5.74) is 1.08. The molecular weight excluding hydrogens is 308 g/mol. The third-order valence-corrected chi connectivity index (χ3v) is 3.74. The molecule has 0 spiro atoms. The molecule has 0 saturated heterocycles. The van der Waals surface area contributed by atoms with Crippen molar-refractivity contribution in [1.29, 1.82) is 0 Å². The van der Waals surface area contributed by atoms with Crippen molar-refractivity contribution in [2.45, 2.75) is 20.4 Å². The smallest absolute Gasteiger partial charge is 0.172 e. The highest BCUT2D eigenvalue weighted by Gasteiger charge is 2.08. The van der Waals surface area contributed by atoms with Gasteiger partial charge >= 0.3 is 0 Å². The highest BCUT2D eigenvalue weighted by atomic mass is 79.9. The topological polar surface area (TPSA) is 44.7 Å². The molecule has 108 valence electrons. The Labute approximate surface area is 123 Å². The van der Waals surface area contributed by atoms with Crippen molar-refractivity contribution < 1.29 is 9.84 Å². The van der Waals surface area contributed by atoms with E-state index in [1.165, 1.54) is 0 Å². The van der Waals surface area contributed by atoms with Crippen LogP contribution < -0.4 is 10.1 Å². The van der Waals surface area contributed by atoms with Crippen LogP contribution in [0.4, 0.5) is 0 Å². The molecule has 0 heterocycles. The zero-order valence-electron chi connectivity index (χ0n) is 11.9. The molecule has 2 N–H and O–H groups in total. The van der Waals surface area contributed by atoms with Gasteiger partial charge in [-0.2, -0.15) is 0 Å². The second kappa shape index (κ2) is 8.40. The molecule has 5 heteroatoms. The van der Waals surface area contributed by atoms with Crippen LogP contribution in [0.1, 0.15) is 19.4 Å². The van der Waals surface area contributed by atoms with Crippen molar-refractivity contribution in [3.05, 3.63) is 22.2 Å². The SMILES string of the molecule is CCN(CC)CCNCc1cc(Br)c(O)c(OC)c1. The van der Waals surface area contributed by atoms with Crippen LogP contribution in [0.25, 0.3) is 0 Å². The van der Waals surface area contributed by atoms with Gasteiger partial charge in [-0.15, -0.1) is 0 Å². The van der Waals surface area contributed by atoms with E-state index in [1.54, 1.807) is 7.11 Å². The maximum absolute atomic E-state index is 9.73. The summed E-state index contributed by atoms with van der Waals surface area (Å²) >= 11 is 3.33. The summed E-state index contributed by atoms with van der Waals surface area (Å²) in [6.07, 6.45) is 0. The first-order valence-electron chi connectivity index (χ1n) is 6.60. The number of halogens is 1. The van der Waals surface area contributed by atoms with Gasteiger partial charge in [-0.05, 0) is 46.7 Å². The second-order valence-electron chi connectivity index (χ2n) is 4.33. The fraction of sp³-hybridized carbons (Fsp3) is 0.571. The van der Waals surface area contributed by atoms with Gasteiger partial charge in [0.15, 0.2) is 11.5 Å². The van der Waals surface area contributed by atoms with Gasteiger partial charge in [0.25, 0.3) is 0 Å². The number of nitrogens with one attached hydrogen (secondary N) is 1. The summed E-state index contributed by atoms with van der Waals surface area (Å²) < 4.78 is 5.79. The minimum Gasteiger partial charge on any atom is -0.503 e. The minimum absolute atomic E-state index is 0.148. The molecule has 0 bridgehead atoms. The lowest BCUT2D eigenvalue weighted by Gasteiger charge is -2.18. The summed E-state index contributed by atoms with van der Waals surface area (Å²) in [6, 6.07) is 3.76. The molecule has 1 rings (SSSR count). The Balaban J connectivity index is 2.47. The quantitative estimate of drug-likeness (QED) is 0.719. The zero-order chi connectivity index (χ0) is 14.3. The molecule has 0 aliphatic carbocycles. The average molecular weight is 331 g/mol. The zero-order valence-corrected chi connectivity index (χ0v) is 13.5. The fourth-order valence-corrected chi connectivity index (χ4v) is 2.38. The van der Waals surface area contributed by atoms with Crippen molar-refractivity contribution in [2.24, 2.45) is 0 Å². The van der Waals surface area contributed by atoms with E-state index in [1.807, 2.05) is 12.1 Å². The summed E-state index contributed by atoms with van der Waals surface area (Å²) in [6.45, 7) is 9.26. The molecule has 0 fully saturated rings. The van der Waals surface area contributed by atoms with Crippen LogP contribution in [0.2, 0.25) is 0 Å². The number of likely N-dealkylation sites (N-methyl/N-ethyl adjacent to an activating group) is 1. The number of nitrogens with zero attached hydrogens (tertiary/aromatic N) is 1. The van der Waals surface area contributed by atoms with Crippen LogP contribution in [-0.2, 0) is 6.54 Å². The van der Waals surface area contributed by atoms with E-state index in [2.05, 4.69) is 40.0 Å². The van der Waals surface area contributed by atoms with E-state index < -0.39 is 0 Å². The van der Waals surface area contributed by atoms with Crippen LogP contribution >= 0.6 is 15.9 Å². The number of methoxy groups -OCH3 is 1. The van der Waals surface area contributed by atoms with Crippen molar-refractivity contribution in [1.82, 2.24) is 10.2 Å². The summed E-state index contributed by atoms with van der Waals surface area (Å²) in [7, 11) is 1.55. The van der Waals surface area contributed by atoms with Crippen molar-refractivity contribution in [3.63, 3.8) is 0 Å². The van der Waals surface area contributed by atoms with Gasteiger partial charge in [-0.25, -0.2) is 0 Å². The van der Waals surface area contributed by atoms with Gasteiger partial charge in [0.2, 0.25) is 0 Å². The van der Waals surface area contributed by atoms with E-state index in [4.69, 9.17) is 4.74 Å².